The highest BCUT2D eigenvalue weighted by molar-refractivity contribution is 5.74. The predicted octanol–water partition coefficient (Wildman–Crippen LogP) is 1.50. The molecule has 0 spiro atoms. The van der Waals surface area contributed by atoms with Crippen LogP contribution in [0.4, 0.5) is 0 Å². The Morgan fingerprint density at radius 1 is 1.40 bits per heavy atom. The van der Waals surface area contributed by atoms with Gasteiger partial charge in [0.05, 0.1) is 12.7 Å². The summed E-state index contributed by atoms with van der Waals surface area (Å²) in [6, 6.07) is 7.60. The first-order valence-corrected chi connectivity index (χ1v) is 5.15. The van der Waals surface area contributed by atoms with Crippen LogP contribution in [0.1, 0.15) is 22.0 Å². The molecule has 1 aliphatic rings. The van der Waals surface area contributed by atoms with Crippen molar-refractivity contribution in [1.82, 2.24) is 4.90 Å². The lowest BCUT2D eigenvalue weighted by Gasteiger charge is -2.30. The van der Waals surface area contributed by atoms with Gasteiger partial charge in [-0.3, -0.25) is 4.79 Å². The normalized spacial score (nSPS) is 22.6. The lowest BCUT2D eigenvalue weighted by molar-refractivity contribution is -0.0209. The van der Waals surface area contributed by atoms with Gasteiger partial charge in [-0.25, -0.2) is 0 Å². The Morgan fingerprint density at radius 3 is 2.73 bits per heavy atom. The second-order valence-electron chi connectivity index (χ2n) is 3.91. The van der Waals surface area contributed by atoms with Crippen LogP contribution in [0.5, 0.6) is 0 Å². The highest BCUT2D eigenvalue weighted by Crippen LogP contribution is 2.21. The van der Waals surface area contributed by atoms with E-state index in [9.17, 15) is 4.79 Å². The topological polar surface area (TPSA) is 29.5 Å². The molecule has 0 radical (unpaired) electrons. The molecule has 15 heavy (non-hydrogen) atoms. The smallest absolute Gasteiger partial charge is 0.150 e. The Balaban J connectivity index is 2.11. The molecule has 0 aliphatic carbocycles. The third kappa shape index (κ3) is 2.43. The maximum Gasteiger partial charge on any atom is 0.150 e. The second kappa shape index (κ2) is 4.55. The van der Waals surface area contributed by atoms with E-state index in [4.69, 9.17) is 4.74 Å². The fraction of sp³-hybridized carbons (Fsp3) is 0.417. The Labute approximate surface area is 89.7 Å². The van der Waals surface area contributed by atoms with Gasteiger partial charge in [-0.2, -0.15) is 0 Å². The summed E-state index contributed by atoms with van der Waals surface area (Å²) in [6.45, 7) is 2.68. The third-order valence-corrected chi connectivity index (χ3v) is 2.71. The molecule has 1 saturated heterocycles. The first kappa shape index (κ1) is 10.3. The standard InChI is InChI=1S/C12H15NO2/c1-13-6-7-15-12(8-13)11-4-2-10(9-14)3-5-11/h2-5,9,12H,6-8H2,1H3. The SMILES string of the molecule is CN1CCOC(c2ccc(C=O)cc2)C1. The van der Waals surface area contributed by atoms with Crippen molar-refractivity contribution in [2.24, 2.45) is 0 Å². The van der Waals surface area contributed by atoms with Gasteiger partial charge >= 0.3 is 0 Å². The Hall–Kier alpha value is -1.19. The Kier molecular flexibility index (Phi) is 3.14. The molecule has 0 N–H and O–H groups in total. The van der Waals surface area contributed by atoms with Crippen molar-refractivity contribution in [1.29, 1.82) is 0 Å². The molecule has 1 aromatic carbocycles. The molecule has 1 atom stereocenters. The van der Waals surface area contributed by atoms with Crippen LogP contribution in [0.25, 0.3) is 0 Å². The van der Waals surface area contributed by atoms with Crippen molar-refractivity contribution in [3.63, 3.8) is 0 Å². The molecule has 1 heterocycles. The molecule has 2 rings (SSSR count). The number of ether oxygens (including phenoxy) is 1. The monoisotopic (exact) mass is 205 g/mol. The predicted molar refractivity (Wildman–Crippen MR) is 58.0 cm³/mol. The van der Waals surface area contributed by atoms with Gasteiger partial charge in [0.1, 0.15) is 6.29 Å². The number of carbonyl (C=O) groups is 1. The van der Waals surface area contributed by atoms with Crippen molar-refractivity contribution in [3.8, 4) is 0 Å². The van der Waals surface area contributed by atoms with Gasteiger partial charge in [0, 0.05) is 18.7 Å². The van der Waals surface area contributed by atoms with Gasteiger partial charge in [-0.05, 0) is 12.6 Å². The summed E-state index contributed by atoms with van der Waals surface area (Å²) >= 11 is 0. The van der Waals surface area contributed by atoms with E-state index in [1.165, 1.54) is 0 Å². The number of morpholine rings is 1. The largest absolute Gasteiger partial charge is 0.371 e. The van der Waals surface area contributed by atoms with Crippen LogP contribution in [-0.2, 0) is 4.74 Å². The number of carbonyl (C=O) groups excluding carboxylic acids is 1. The third-order valence-electron chi connectivity index (χ3n) is 2.71. The summed E-state index contributed by atoms with van der Waals surface area (Å²) in [5, 5.41) is 0. The zero-order valence-electron chi connectivity index (χ0n) is 8.85. The lowest BCUT2D eigenvalue weighted by Crippen LogP contribution is -2.35. The first-order chi connectivity index (χ1) is 7.29. The molecule has 0 saturated carbocycles. The maximum absolute atomic E-state index is 10.5. The van der Waals surface area contributed by atoms with Crippen LogP contribution >= 0.6 is 0 Å². The summed E-state index contributed by atoms with van der Waals surface area (Å²) in [4.78, 5) is 12.8. The minimum atomic E-state index is 0.143. The summed E-state index contributed by atoms with van der Waals surface area (Å²) in [7, 11) is 2.09. The van der Waals surface area contributed by atoms with Gasteiger partial charge in [0.25, 0.3) is 0 Å². The number of likely N-dealkylation sites (N-methyl/N-ethyl adjacent to an activating group) is 1. The van der Waals surface area contributed by atoms with Crippen LogP contribution in [0.3, 0.4) is 0 Å². The van der Waals surface area contributed by atoms with Crippen molar-refractivity contribution in [2.45, 2.75) is 6.10 Å². The Bertz CT molecular complexity index is 334. The van der Waals surface area contributed by atoms with Gasteiger partial charge in [-0.15, -0.1) is 0 Å². The quantitative estimate of drug-likeness (QED) is 0.685. The summed E-state index contributed by atoms with van der Waals surface area (Å²) < 4.78 is 5.68. The summed E-state index contributed by atoms with van der Waals surface area (Å²) in [6.07, 6.45) is 1.00. The van der Waals surface area contributed by atoms with Gasteiger partial charge < -0.3 is 9.64 Å². The van der Waals surface area contributed by atoms with Crippen molar-refractivity contribution < 1.29 is 9.53 Å². The molecule has 3 nitrogen and oxygen atoms in total. The van der Waals surface area contributed by atoms with Crippen molar-refractivity contribution in [2.75, 3.05) is 26.7 Å². The van der Waals surface area contributed by atoms with Crippen LogP contribution in [0.2, 0.25) is 0 Å². The molecule has 0 amide bonds. The molecule has 0 bridgehead atoms. The minimum Gasteiger partial charge on any atom is -0.371 e. The summed E-state index contributed by atoms with van der Waals surface area (Å²) in [5.74, 6) is 0. The number of nitrogens with zero attached hydrogens (tertiary/aromatic N) is 1. The molecule has 1 aromatic rings. The van der Waals surface area contributed by atoms with Gasteiger partial charge in [0.15, 0.2) is 0 Å². The van der Waals surface area contributed by atoms with E-state index in [1.807, 2.05) is 24.3 Å². The molecule has 3 heteroatoms. The van der Waals surface area contributed by atoms with Crippen molar-refractivity contribution in [3.05, 3.63) is 35.4 Å². The van der Waals surface area contributed by atoms with Gasteiger partial charge in [-0.1, -0.05) is 24.3 Å². The maximum atomic E-state index is 10.5. The second-order valence-corrected chi connectivity index (χ2v) is 3.91. The molecular formula is C12H15NO2. The average Bonchev–Trinajstić information content (AvgIpc) is 2.29. The van der Waals surface area contributed by atoms with Crippen LogP contribution in [0.15, 0.2) is 24.3 Å². The van der Waals surface area contributed by atoms with E-state index in [0.717, 1.165) is 31.5 Å². The minimum absolute atomic E-state index is 0.143. The first-order valence-electron chi connectivity index (χ1n) is 5.15. The highest BCUT2D eigenvalue weighted by Gasteiger charge is 2.18. The number of benzene rings is 1. The van der Waals surface area contributed by atoms with E-state index < -0.39 is 0 Å². The van der Waals surface area contributed by atoms with Gasteiger partial charge in [0.2, 0.25) is 0 Å². The fourth-order valence-electron chi connectivity index (χ4n) is 1.77. The molecule has 1 unspecified atom stereocenters. The van der Waals surface area contributed by atoms with E-state index in [1.54, 1.807) is 0 Å². The van der Waals surface area contributed by atoms with Crippen LogP contribution in [0, 0.1) is 0 Å². The van der Waals surface area contributed by atoms with E-state index in [0.29, 0.717) is 5.56 Å². The molecule has 1 fully saturated rings. The fourth-order valence-corrected chi connectivity index (χ4v) is 1.77. The highest BCUT2D eigenvalue weighted by atomic mass is 16.5. The van der Waals surface area contributed by atoms with Crippen LogP contribution < -0.4 is 0 Å². The van der Waals surface area contributed by atoms with E-state index in [2.05, 4.69) is 11.9 Å². The Morgan fingerprint density at radius 2 is 2.13 bits per heavy atom. The van der Waals surface area contributed by atoms with Crippen LogP contribution in [-0.4, -0.2) is 37.9 Å². The molecule has 0 aromatic heterocycles. The number of aldehydes is 1. The zero-order chi connectivity index (χ0) is 10.7. The van der Waals surface area contributed by atoms with E-state index in [-0.39, 0.29) is 6.10 Å². The zero-order valence-corrected chi connectivity index (χ0v) is 8.85. The number of rotatable bonds is 2. The molecule has 80 valence electrons. The number of hydrogen-bond acceptors (Lipinski definition) is 3. The number of hydrogen-bond donors (Lipinski definition) is 0. The molecular weight excluding hydrogens is 190 g/mol. The van der Waals surface area contributed by atoms with E-state index >= 15 is 0 Å². The average molecular weight is 205 g/mol. The lowest BCUT2D eigenvalue weighted by atomic mass is 10.1. The van der Waals surface area contributed by atoms with Crippen molar-refractivity contribution >= 4 is 6.29 Å². The summed E-state index contributed by atoms with van der Waals surface area (Å²) in [5.41, 5.74) is 1.86. The molecule has 1 aliphatic heterocycles.